The largest absolute Gasteiger partial charge is 0.388 e. The van der Waals surface area contributed by atoms with Crippen LogP contribution in [0, 0.1) is 17.3 Å². The minimum absolute atomic E-state index is 0.155. The van der Waals surface area contributed by atoms with Crippen LogP contribution in [0.5, 0.6) is 0 Å². The molecule has 2 rings (SSSR count). The maximum atomic E-state index is 10.5. The molecule has 10 atom stereocenters. The highest BCUT2D eigenvalue weighted by atomic mass is 16.7. The van der Waals surface area contributed by atoms with Crippen LogP contribution in [0.2, 0.25) is 0 Å². The Kier molecular flexibility index (Phi) is 8.01. The summed E-state index contributed by atoms with van der Waals surface area (Å²) in [5.74, 6) is 2.20. The lowest BCUT2D eigenvalue weighted by molar-refractivity contribution is -0.352. The van der Waals surface area contributed by atoms with E-state index in [1.165, 1.54) is 0 Å². The standard InChI is InChI=1S/C15H24N2O10/c1-2-3-24-14-12(22)10(20)13(6(4-16)25-14)27-15-11(21)9(19)8(18)7(26-15)5-17-23/h1,6-15,18-22H,3-5,16H2/t6?,7?,8-,9?,10?,11?,12+,13+,14+,15-/m0/s1. The Morgan fingerprint density at radius 2 is 1.59 bits per heavy atom. The number of rotatable bonds is 7. The molecule has 0 amide bonds. The lowest BCUT2D eigenvalue weighted by atomic mass is 9.96. The van der Waals surface area contributed by atoms with Gasteiger partial charge >= 0.3 is 0 Å². The SMILES string of the molecule is C#CCO[C@@H]1OC(CN)[C@@H](O[C@@H]2OC(CN=O)[C@H](O)C(O)C2O)C(O)[C@H]1O. The molecule has 0 saturated carbocycles. The van der Waals surface area contributed by atoms with E-state index in [0.717, 1.165) is 0 Å². The second kappa shape index (κ2) is 9.80. The molecule has 12 nitrogen and oxygen atoms in total. The van der Waals surface area contributed by atoms with E-state index >= 15 is 0 Å². The molecule has 12 heteroatoms. The predicted octanol–water partition coefficient (Wildman–Crippen LogP) is -4.00. The van der Waals surface area contributed by atoms with Crippen LogP contribution in [-0.4, -0.2) is 107 Å². The summed E-state index contributed by atoms with van der Waals surface area (Å²) in [5.41, 5.74) is 5.61. The fraction of sp³-hybridized carbons (Fsp3) is 0.867. The quantitative estimate of drug-likeness (QED) is 0.183. The molecule has 0 bridgehead atoms. The number of ether oxygens (including phenoxy) is 4. The first-order chi connectivity index (χ1) is 12.8. The maximum absolute atomic E-state index is 10.5. The maximum Gasteiger partial charge on any atom is 0.187 e. The molecule has 7 N–H and O–H groups in total. The molecule has 0 radical (unpaired) electrons. The van der Waals surface area contributed by atoms with Gasteiger partial charge in [-0.1, -0.05) is 11.1 Å². The van der Waals surface area contributed by atoms with Crippen molar-refractivity contribution in [2.45, 2.75) is 61.4 Å². The average molecular weight is 392 g/mol. The fourth-order valence-corrected chi connectivity index (χ4v) is 2.94. The van der Waals surface area contributed by atoms with Gasteiger partial charge in [-0.05, 0) is 0 Å². The van der Waals surface area contributed by atoms with Crippen molar-refractivity contribution in [2.24, 2.45) is 10.9 Å². The van der Waals surface area contributed by atoms with Crippen molar-refractivity contribution in [3.63, 3.8) is 0 Å². The van der Waals surface area contributed by atoms with E-state index in [4.69, 9.17) is 31.1 Å². The zero-order valence-corrected chi connectivity index (χ0v) is 14.3. The first-order valence-corrected chi connectivity index (χ1v) is 8.26. The molecule has 0 aromatic heterocycles. The molecule has 2 fully saturated rings. The van der Waals surface area contributed by atoms with Crippen molar-refractivity contribution in [3.05, 3.63) is 4.91 Å². The first kappa shape index (κ1) is 22.1. The Bertz CT molecular complexity index is 529. The third-order valence-electron chi connectivity index (χ3n) is 4.42. The normalized spacial score (nSPS) is 45.2. The number of aliphatic hydroxyl groups excluding tert-OH is 5. The molecule has 154 valence electrons. The van der Waals surface area contributed by atoms with Crippen LogP contribution in [0.25, 0.3) is 0 Å². The Balaban J connectivity index is 2.11. The highest BCUT2D eigenvalue weighted by Gasteiger charge is 2.50. The van der Waals surface area contributed by atoms with Crippen molar-refractivity contribution >= 4 is 0 Å². The molecule has 0 aromatic carbocycles. The van der Waals surface area contributed by atoms with Gasteiger partial charge in [-0.25, -0.2) is 0 Å². The predicted molar refractivity (Wildman–Crippen MR) is 86.7 cm³/mol. The van der Waals surface area contributed by atoms with Crippen molar-refractivity contribution in [3.8, 4) is 12.3 Å². The smallest absolute Gasteiger partial charge is 0.187 e. The summed E-state index contributed by atoms with van der Waals surface area (Å²) in [6.45, 7) is -0.830. The summed E-state index contributed by atoms with van der Waals surface area (Å²) in [6.07, 6.45) is -9.28. The summed E-state index contributed by atoms with van der Waals surface area (Å²) in [5, 5.41) is 52.9. The molecular weight excluding hydrogens is 368 g/mol. The van der Waals surface area contributed by atoms with Crippen molar-refractivity contribution in [1.29, 1.82) is 0 Å². The van der Waals surface area contributed by atoms with Gasteiger partial charge in [0.25, 0.3) is 0 Å². The zero-order chi connectivity index (χ0) is 20.1. The van der Waals surface area contributed by atoms with E-state index in [1.807, 2.05) is 0 Å². The summed E-state index contributed by atoms with van der Waals surface area (Å²) in [4.78, 5) is 10.5. The molecule has 5 unspecified atom stereocenters. The molecule has 2 saturated heterocycles. The fourth-order valence-electron chi connectivity index (χ4n) is 2.94. The van der Waals surface area contributed by atoms with Gasteiger partial charge in [0.2, 0.25) is 0 Å². The molecule has 2 aliphatic rings. The monoisotopic (exact) mass is 392 g/mol. The number of aliphatic hydroxyl groups is 5. The minimum atomic E-state index is -1.71. The summed E-state index contributed by atoms with van der Waals surface area (Å²) in [7, 11) is 0. The van der Waals surface area contributed by atoms with Crippen LogP contribution in [0.1, 0.15) is 0 Å². The van der Waals surface area contributed by atoms with E-state index in [2.05, 4.69) is 11.1 Å². The molecular formula is C15H24N2O10. The van der Waals surface area contributed by atoms with E-state index in [1.54, 1.807) is 0 Å². The number of hydrogen-bond acceptors (Lipinski definition) is 12. The second-order valence-corrected chi connectivity index (χ2v) is 6.20. The minimum Gasteiger partial charge on any atom is -0.388 e. The topological polar surface area (TPSA) is 194 Å². The van der Waals surface area contributed by atoms with Crippen LogP contribution in [0.3, 0.4) is 0 Å². The van der Waals surface area contributed by atoms with Gasteiger partial charge in [0.05, 0.1) is 0 Å². The van der Waals surface area contributed by atoms with Gasteiger partial charge in [0, 0.05) is 6.54 Å². The number of nitrogens with zero attached hydrogens (tertiary/aromatic N) is 1. The third-order valence-corrected chi connectivity index (χ3v) is 4.42. The van der Waals surface area contributed by atoms with Crippen LogP contribution in [-0.2, 0) is 18.9 Å². The van der Waals surface area contributed by atoms with Crippen LogP contribution in [0.15, 0.2) is 5.18 Å². The second-order valence-electron chi connectivity index (χ2n) is 6.20. The highest BCUT2D eigenvalue weighted by molar-refractivity contribution is 4.95. The van der Waals surface area contributed by atoms with Crippen LogP contribution in [0.4, 0.5) is 0 Å². The van der Waals surface area contributed by atoms with E-state index in [-0.39, 0.29) is 13.2 Å². The van der Waals surface area contributed by atoms with Gasteiger partial charge in [0.1, 0.15) is 62.0 Å². The highest BCUT2D eigenvalue weighted by Crippen LogP contribution is 2.29. The number of hydrogen-bond donors (Lipinski definition) is 6. The number of terminal acetylenes is 1. The average Bonchev–Trinajstić information content (AvgIpc) is 2.66. The van der Waals surface area contributed by atoms with Gasteiger partial charge < -0.3 is 50.2 Å². The Hall–Kier alpha value is -1.24. The molecule has 2 heterocycles. The lowest BCUT2D eigenvalue weighted by Crippen LogP contribution is -2.65. The van der Waals surface area contributed by atoms with Crippen molar-refractivity contribution in [2.75, 3.05) is 19.7 Å². The number of nitrogens with two attached hydrogens (primary N) is 1. The van der Waals surface area contributed by atoms with Crippen molar-refractivity contribution in [1.82, 2.24) is 0 Å². The van der Waals surface area contributed by atoms with Gasteiger partial charge in [-0.3, -0.25) is 0 Å². The Morgan fingerprint density at radius 3 is 2.19 bits per heavy atom. The van der Waals surface area contributed by atoms with E-state index in [0.29, 0.717) is 0 Å². The van der Waals surface area contributed by atoms with Gasteiger partial charge in [-0.15, -0.1) is 6.42 Å². The van der Waals surface area contributed by atoms with Crippen molar-refractivity contribution < 1.29 is 44.5 Å². The third kappa shape index (κ3) is 4.79. The summed E-state index contributed by atoms with van der Waals surface area (Å²) >= 11 is 0. The van der Waals surface area contributed by atoms with E-state index in [9.17, 15) is 30.4 Å². The first-order valence-electron chi connectivity index (χ1n) is 8.26. The Labute approximate surface area is 154 Å². The molecule has 2 aliphatic heterocycles. The van der Waals surface area contributed by atoms with Crippen LogP contribution >= 0.6 is 0 Å². The summed E-state index contributed by atoms with van der Waals surface area (Å²) in [6, 6.07) is 0. The molecule has 0 spiro atoms. The molecule has 0 aliphatic carbocycles. The van der Waals surface area contributed by atoms with Gasteiger partial charge in [0.15, 0.2) is 12.6 Å². The Morgan fingerprint density at radius 1 is 0.963 bits per heavy atom. The number of nitroso groups, excluding NO2 is 1. The molecule has 27 heavy (non-hydrogen) atoms. The molecule has 0 aromatic rings. The lowest BCUT2D eigenvalue weighted by Gasteiger charge is -2.45. The summed E-state index contributed by atoms with van der Waals surface area (Å²) < 4.78 is 21.3. The van der Waals surface area contributed by atoms with E-state index < -0.39 is 68.0 Å². The van der Waals surface area contributed by atoms with Gasteiger partial charge in [-0.2, -0.15) is 4.91 Å². The van der Waals surface area contributed by atoms with Crippen LogP contribution < -0.4 is 5.73 Å². The zero-order valence-electron chi connectivity index (χ0n) is 14.3.